The molecule has 0 radical (unpaired) electrons. The molecule has 0 aromatic heterocycles. The fourth-order valence-electron chi connectivity index (χ4n) is 4.89. The molecule has 0 bridgehead atoms. The molecule has 0 aliphatic heterocycles. The van der Waals surface area contributed by atoms with Crippen LogP contribution in [0.1, 0.15) is 38.5 Å². The molecule has 0 rings (SSSR count). The first kappa shape index (κ1) is 60.1. The highest BCUT2D eigenvalue weighted by Crippen LogP contribution is 2.62. The van der Waals surface area contributed by atoms with Gasteiger partial charge < -0.3 is 8.97 Å². The third-order valence-electron chi connectivity index (χ3n) is 8.75. The summed E-state index contributed by atoms with van der Waals surface area (Å²) in [6.45, 7) is -0.926. The zero-order valence-electron chi connectivity index (χ0n) is 31.8. The van der Waals surface area contributed by atoms with E-state index in [2.05, 4.69) is 0 Å². The van der Waals surface area contributed by atoms with Crippen molar-refractivity contribution < 1.29 is 133 Å². The van der Waals surface area contributed by atoms with Crippen molar-refractivity contribution in [3.8, 4) is 0 Å². The Labute approximate surface area is 342 Å². The standard InChI is InChI=1S/C30H36F26N2O2S2/c1-57(2,15-17(59)61-13-9-19(31,32)21(35,36)23(39,40)25(43,44)27(47,48)29(51,52)53)11-7-5-6-8-12-58(3,4)16-18(60)62-14-10-20(33,34)22(37,38)24(41,42)26(45,46)28(49,50)30(54,55)56/h5-16H2,1-4H3/q+2. The minimum absolute atomic E-state index is 0.112. The summed E-state index contributed by atoms with van der Waals surface area (Å²) in [5.41, 5.74) is 0. The Morgan fingerprint density at radius 3 is 0.806 bits per heavy atom. The number of carbonyl (C=O) groups excluding carboxylic acids is 2. The normalized spacial score (nSPS) is 15.6. The summed E-state index contributed by atoms with van der Waals surface area (Å²) in [5.74, 6) is -78.5. The minimum atomic E-state index is -8.06. The minimum Gasteiger partial charge on any atom is -0.322 e. The molecule has 0 fully saturated rings. The van der Waals surface area contributed by atoms with Crippen LogP contribution in [-0.2, 0) is 9.59 Å². The summed E-state index contributed by atoms with van der Waals surface area (Å²) in [6, 6.07) is 0. The average molecular weight is 1010 g/mol. The van der Waals surface area contributed by atoms with Gasteiger partial charge in [-0.2, -0.15) is 114 Å². The molecule has 4 nitrogen and oxygen atoms in total. The smallest absolute Gasteiger partial charge is 0.322 e. The summed E-state index contributed by atoms with van der Waals surface area (Å²) in [6.07, 6.45) is -19.0. The van der Waals surface area contributed by atoms with Crippen molar-refractivity contribution in [2.45, 2.75) is 110 Å². The van der Waals surface area contributed by atoms with E-state index in [1.807, 2.05) is 0 Å². The van der Waals surface area contributed by atoms with Gasteiger partial charge in [-0.25, -0.2) is 0 Å². The lowest BCUT2D eigenvalue weighted by molar-refractivity contribution is -0.882. The molecule has 370 valence electrons. The molecule has 0 aromatic rings. The number of unbranched alkanes of at least 4 members (excludes halogenated alkanes) is 3. The van der Waals surface area contributed by atoms with Crippen LogP contribution in [0.2, 0.25) is 0 Å². The predicted octanol–water partition coefficient (Wildman–Crippen LogP) is 11.5. The van der Waals surface area contributed by atoms with E-state index in [1.165, 1.54) is 28.2 Å². The van der Waals surface area contributed by atoms with Gasteiger partial charge in [0.05, 0.1) is 41.3 Å². The first-order valence-corrected chi connectivity index (χ1v) is 18.7. The topological polar surface area (TPSA) is 34.1 Å². The summed E-state index contributed by atoms with van der Waals surface area (Å²) >= 11 is -0.415. The van der Waals surface area contributed by atoms with Gasteiger partial charge in [0.2, 0.25) is 10.2 Å². The molecule has 0 spiro atoms. The Morgan fingerprint density at radius 2 is 0.581 bits per heavy atom. The van der Waals surface area contributed by atoms with E-state index in [0.717, 1.165) is 0 Å². The molecule has 0 unspecified atom stereocenters. The summed E-state index contributed by atoms with van der Waals surface area (Å²) < 4.78 is 344. The Morgan fingerprint density at radius 1 is 0.355 bits per heavy atom. The number of halogens is 26. The third kappa shape index (κ3) is 12.5. The quantitative estimate of drug-likeness (QED) is 0.0519. The molecule has 0 aliphatic rings. The maximum atomic E-state index is 14.0. The number of likely N-dealkylation sites (N-methyl/N-ethyl adjacent to an activating group) is 2. The molecule has 32 heteroatoms. The molecule has 0 saturated heterocycles. The number of hydrogen-bond acceptors (Lipinski definition) is 4. The monoisotopic (exact) mass is 1010 g/mol. The molecule has 0 aliphatic carbocycles. The maximum Gasteiger partial charge on any atom is 0.460 e. The Hall–Kier alpha value is -1.86. The number of quaternary nitrogens is 2. The number of nitrogens with zero attached hydrogens (tertiary/aromatic N) is 2. The predicted molar refractivity (Wildman–Crippen MR) is 168 cm³/mol. The molecule has 0 atom stereocenters. The molecular formula is C30H36F26N2O2S2+2. The van der Waals surface area contributed by atoms with Gasteiger partial charge in [0, 0.05) is 24.3 Å². The molecule has 62 heavy (non-hydrogen) atoms. The lowest BCUT2D eigenvalue weighted by Gasteiger charge is -2.39. The van der Waals surface area contributed by atoms with E-state index in [9.17, 15) is 124 Å². The Kier molecular flexibility index (Phi) is 18.6. The van der Waals surface area contributed by atoms with E-state index in [4.69, 9.17) is 0 Å². The van der Waals surface area contributed by atoms with Crippen LogP contribution < -0.4 is 0 Å². The number of rotatable bonds is 25. The van der Waals surface area contributed by atoms with Crippen LogP contribution in [0, 0.1) is 0 Å². The van der Waals surface area contributed by atoms with Crippen molar-refractivity contribution in [3.05, 3.63) is 0 Å². The fourth-order valence-corrected chi connectivity index (χ4v) is 6.94. The molecule has 0 N–H and O–H groups in total. The van der Waals surface area contributed by atoms with Gasteiger partial charge in [-0.05, 0) is 25.7 Å². The van der Waals surface area contributed by atoms with Crippen LogP contribution >= 0.6 is 23.5 Å². The average Bonchev–Trinajstić information content (AvgIpc) is 3.03. The molecule has 0 heterocycles. The van der Waals surface area contributed by atoms with Crippen LogP contribution in [-0.4, -0.2) is 157 Å². The van der Waals surface area contributed by atoms with E-state index in [1.54, 1.807) is 0 Å². The van der Waals surface area contributed by atoms with Gasteiger partial charge in [0.15, 0.2) is 0 Å². The van der Waals surface area contributed by atoms with Crippen molar-refractivity contribution in [2.24, 2.45) is 0 Å². The Bertz CT molecular complexity index is 1400. The zero-order chi connectivity index (χ0) is 50.1. The number of thioether (sulfide) groups is 2. The first-order chi connectivity index (χ1) is 26.9. The highest BCUT2D eigenvalue weighted by molar-refractivity contribution is 8.13. The molecule has 0 amide bonds. The lowest BCUT2D eigenvalue weighted by Crippen LogP contribution is -2.70. The molecule has 0 aromatic carbocycles. The van der Waals surface area contributed by atoms with Gasteiger partial charge in [0.25, 0.3) is 0 Å². The van der Waals surface area contributed by atoms with E-state index in [-0.39, 0.29) is 58.4 Å². The van der Waals surface area contributed by atoms with E-state index in [0.29, 0.717) is 12.8 Å². The van der Waals surface area contributed by atoms with Crippen LogP contribution in [0.3, 0.4) is 0 Å². The van der Waals surface area contributed by atoms with Gasteiger partial charge in [-0.3, -0.25) is 9.59 Å². The lowest BCUT2D eigenvalue weighted by atomic mass is 9.93. The van der Waals surface area contributed by atoms with Crippen molar-refractivity contribution in [1.82, 2.24) is 0 Å². The van der Waals surface area contributed by atoms with Crippen LogP contribution in [0.15, 0.2) is 0 Å². The van der Waals surface area contributed by atoms with Gasteiger partial charge >= 0.3 is 71.6 Å². The second-order valence-corrected chi connectivity index (χ2v) is 17.3. The van der Waals surface area contributed by atoms with Crippen molar-refractivity contribution in [2.75, 3.05) is 65.9 Å². The first-order valence-electron chi connectivity index (χ1n) is 16.8. The maximum absolute atomic E-state index is 14.0. The van der Waals surface area contributed by atoms with Crippen LogP contribution in [0.4, 0.5) is 114 Å². The SMILES string of the molecule is C[N+](C)(CCCCCC[N+](C)(C)CC(=O)SCCC(F)(F)C(F)(F)C(F)(F)C(F)(F)C(F)(F)C(F)(F)F)CC(=O)SCCC(F)(F)C(F)(F)C(F)(F)C(F)(F)C(F)(F)C(F)(F)F. The van der Waals surface area contributed by atoms with Crippen molar-refractivity contribution in [3.63, 3.8) is 0 Å². The third-order valence-corrected chi connectivity index (χ3v) is 10.5. The van der Waals surface area contributed by atoms with Gasteiger partial charge in [0.1, 0.15) is 13.1 Å². The van der Waals surface area contributed by atoms with E-state index < -0.39 is 119 Å². The zero-order valence-corrected chi connectivity index (χ0v) is 33.5. The highest BCUT2D eigenvalue weighted by Gasteiger charge is 2.92. The highest BCUT2D eigenvalue weighted by atomic mass is 32.2. The summed E-state index contributed by atoms with van der Waals surface area (Å²) in [7, 11) is 5.49. The summed E-state index contributed by atoms with van der Waals surface area (Å²) in [4.78, 5) is 24.5. The van der Waals surface area contributed by atoms with Crippen LogP contribution in [0.5, 0.6) is 0 Å². The Balaban J connectivity index is 5.02. The van der Waals surface area contributed by atoms with Gasteiger partial charge in [-0.1, -0.05) is 23.5 Å². The largest absolute Gasteiger partial charge is 0.460 e. The number of alkyl halides is 26. The number of carbonyl (C=O) groups is 2. The fraction of sp³-hybridized carbons (Fsp3) is 0.933. The summed E-state index contributed by atoms with van der Waals surface area (Å²) in [5, 5.41) is -2.14. The van der Waals surface area contributed by atoms with Crippen molar-refractivity contribution >= 4 is 33.8 Å². The molecular weight excluding hydrogens is 978 g/mol. The van der Waals surface area contributed by atoms with Crippen LogP contribution in [0.25, 0.3) is 0 Å². The second-order valence-electron chi connectivity index (χ2n) is 15.0. The molecule has 0 saturated carbocycles. The van der Waals surface area contributed by atoms with E-state index >= 15 is 0 Å². The number of hydrogen-bond donors (Lipinski definition) is 0. The van der Waals surface area contributed by atoms with Crippen molar-refractivity contribution in [1.29, 1.82) is 0 Å². The van der Waals surface area contributed by atoms with Gasteiger partial charge in [-0.15, -0.1) is 0 Å². The second kappa shape index (κ2) is 19.2.